The predicted octanol–water partition coefficient (Wildman–Crippen LogP) is 9.27. The number of nitrogens with zero attached hydrogens (tertiary/aromatic N) is 2. The third kappa shape index (κ3) is 3.38. The highest BCUT2D eigenvalue weighted by Gasteiger charge is 2.39. The Kier molecular flexibility index (Phi) is 5.18. The van der Waals surface area contributed by atoms with Crippen LogP contribution in [0.3, 0.4) is 0 Å². The summed E-state index contributed by atoms with van der Waals surface area (Å²) in [5.41, 5.74) is 7.35. The SMILES string of the molecule is CC1(C)c2ccccc2N(c2ccccc2)c2ccc3nc(C4=C(O)c5cc(Cl)c(Cl)cc5C4=O)ccc3c21. The summed E-state index contributed by atoms with van der Waals surface area (Å²) in [6.07, 6.45) is 0. The van der Waals surface area contributed by atoms with Gasteiger partial charge in [0, 0.05) is 27.6 Å². The molecule has 1 aliphatic carbocycles. The number of Topliss-reactive ketones (excluding diaryl/α,β-unsaturated/α-hetero) is 1. The quantitative estimate of drug-likeness (QED) is 0.238. The number of rotatable bonds is 2. The minimum absolute atomic E-state index is 0.136. The van der Waals surface area contributed by atoms with Crippen LogP contribution in [0.5, 0.6) is 0 Å². The number of carbonyl (C=O) groups is 1. The molecule has 190 valence electrons. The number of anilines is 3. The third-order valence-electron chi connectivity index (χ3n) is 7.83. The number of hydrogen-bond donors (Lipinski definition) is 1. The Hall–Kier alpha value is -4.12. The number of aliphatic hydroxyl groups is 1. The molecule has 0 radical (unpaired) electrons. The summed E-state index contributed by atoms with van der Waals surface area (Å²) in [5.74, 6) is -0.460. The van der Waals surface area contributed by atoms with Crippen molar-refractivity contribution in [2.75, 3.05) is 4.90 Å². The maximum atomic E-state index is 13.3. The van der Waals surface area contributed by atoms with Crippen LogP contribution in [0.1, 0.15) is 46.6 Å². The molecule has 0 spiro atoms. The van der Waals surface area contributed by atoms with Crippen LogP contribution in [-0.2, 0) is 5.41 Å². The minimum atomic E-state index is -0.324. The zero-order valence-electron chi connectivity index (χ0n) is 21.2. The van der Waals surface area contributed by atoms with Crippen molar-refractivity contribution in [1.29, 1.82) is 0 Å². The second kappa shape index (κ2) is 8.44. The molecule has 0 bridgehead atoms. The van der Waals surface area contributed by atoms with Gasteiger partial charge in [-0.2, -0.15) is 0 Å². The zero-order valence-corrected chi connectivity index (χ0v) is 22.7. The molecular formula is C33H22Cl2N2O2. The smallest absolute Gasteiger partial charge is 0.199 e. The first-order valence-corrected chi connectivity index (χ1v) is 13.4. The van der Waals surface area contributed by atoms with Crippen molar-refractivity contribution in [3.05, 3.63) is 129 Å². The predicted molar refractivity (Wildman–Crippen MR) is 159 cm³/mol. The zero-order chi connectivity index (χ0) is 27.1. The van der Waals surface area contributed by atoms with Gasteiger partial charge in [-0.1, -0.05) is 79.5 Å². The van der Waals surface area contributed by atoms with E-state index in [9.17, 15) is 9.90 Å². The molecule has 4 nitrogen and oxygen atoms in total. The highest BCUT2D eigenvalue weighted by atomic mass is 35.5. The summed E-state index contributed by atoms with van der Waals surface area (Å²) in [7, 11) is 0. The normalized spacial score (nSPS) is 15.4. The fraction of sp³-hybridized carbons (Fsp3) is 0.0909. The van der Waals surface area contributed by atoms with Gasteiger partial charge in [0.05, 0.1) is 38.2 Å². The lowest BCUT2D eigenvalue weighted by Crippen LogP contribution is -2.31. The van der Waals surface area contributed by atoms with Gasteiger partial charge in [-0.15, -0.1) is 0 Å². The average Bonchev–Trinajstić information content (AvgIpc) is 3.17. The molecule has 0 fully saturated rings. The number of aliphatic hydroxyl groups excluding tert-OH is 1. The molecule has 0 unspecified atom stereocenters. The monoisotopic (exact) mass is 548 g/mol. The van der Waals surface area contributed by atoms with Gasteiger partial charge < -0.3 is 10.0 Å². The number of fused-ring (bicyclic) bond motifs is 5. The molecule has 0 amide bonds. The Morgan fingerprint density at radius 3 is 2.26 bits per heavy atom. The average molecular weight is 549 g/mol. The molecule has 0 atom stereocenters. The Labute approximate surface area is 235 Å². The van der Waals surface area contributed by atoms with Crippen LogP contribution in [0, 0.1) is 0 Å². The van der Waals surface area contributed by atoms with Crippen LogP contribution >= 0.6 is 23.2 Å². The highest BCUT2D eigenvalue weighted by Crippen LogP contribution is 2.53. The van der Waals surface area contributed by atoms with Crippen LogP contribution in [0.2, 0.25) is 10.0 Å². The molecule has 2 aliphatic rings. The molecular weight excluding hydrogens is 527 g/mol. The van der Waals surface area contributed by atoms with Crippen molar-refractivity contribution >= 4 is 68.3 Å². The van der Waals surface area contributed by atoms with Crippen molar-refractivity contribution < 1.29 is 9.90 Å². The number of ketones is 1. The maximum absolute atomic E-state index is 13.3. The van der Waals surface area contributed by atoms with Gasteiger partial charge in [0.25, 0.3) is 0 Å². The maximum Gasteiger partial charge on any atom is 0.199 e. The number of carbonyl (C=O) groups excluding carboxylic acids is 1. The third-order valence-corrected chi connectivity index (χ3v) is 8.55. The first-order chi connectivity index (χ1) is 18.8. The van der Waals surface area contributed by atoms with E-state index in [1.54, 1.807) is 0 Å². The summed E-state index contributed by atoms with van der Waals surface area (Å²) in [6, 6.07) is 29.7. The van der Waals surface area contributed by atoms with Crippen LogP contribution in [-0.4, -0.2) is 15.9 Å². The van der Waals surface area contributed by atoms with E-state index in [1.165, 1.54) is 17.7 Å². The highest BCUT2D eigenvalue weighted by molar-refractivity contribution is 6.44. The van der Waals surface area contributed by atoms with Crippen LogP contribution in [0.4, 0.5) is 17.1 Å². The minimum Gasteiger partial charge on any atom is -0.506 e. The number of para-hydroxylation sites is 2. The van der Waals surface area contributed by atoms with Crippen LogP contribution < -0.4 is 4.90 Å². The Morgan fingerprint density at radius 2 is 1.49 bits per heavy atom. The van der Waals surface area contributed by atoms with Crippen molar-refractivity contribution in [1.82, 2.24) is 4.98 Å². The van der Waals surface area contributed by atoms with Gasteiger partial charge in [0.1, 0.15) is 5.76 Å². The first-order valence-electron chi connectivity index (χ1n) is 12.6. The largest absolute Gasteiger partial charge is 0.506 e. The standard InChI is InChI=1S/C33H22Cl2N2O2/c1-33(2)22-10-6-7-11-27(22)37(18-8-4-3-5-9-18)28-15-14-25-19(30(28)33)12-13-26(36-25)29-31(38)20-16-23(34)24(35)17-21(20)32(29)39/h3-17,38H,1-2H3. The van der Waals surface area contributed by atoms with E-state index in [0.29, 0.717) is 16.8 Å². The van der Waals surface area contributed by atoms with Crippen molar-refractivity contribution in [2.24, 2.45) is 0 Å². The Morgan fingerprint density at radius 1 is 0.795 bits per heavy atom. The summed E-state index contributed by atoms with van der Waals surface area (Å²) in [6.45, 7) is 4.47. The van der Waals surface area contributed by atoms with Gasteiger partial charge in [-0.3, -0.25) is 4.79 Å². The molecule has 4 aromatic carbocycles. The molecule has 1 aliphatic heterocycles. The summed E-state index contributed by atoms with van der Waals surface area (Å²) >= 11 is 12.3. The number of aromatic nitrogens is 1. The summed E-state index contributed by atoms with van der Waals surface area (Å²) < 4.78 is 0. The molecule has 39 heavy (non-hydrogen) atoms. The van der Waals surface area contributed by atoms with Gasteiger partial charge in [-0.25, -0.2) is 4.98 Å². The second-order valence-electron chi connectivity index (χ2n) is 10.4. The van der Waals surface area contributed by atoms with Gasteiger partial charge >= 0.3 is 0 Å². The molecule has 5 aromatic rings. The van der Waals surface area contributed by atoms with E-state index in [1.807, 2.05) is 36.4 Å². The Bertz CT molecular complexity index is 1890. The number of allylic oxidation sites excluding steroid dienone is 1. The molecule has 1 aromatic heterocycles. The number of hydrogen-bond acceptors (Lipinski definition) is 4. The summed E-state index contributed by atoms with van der Waals surface area (Å²) in [4.78, 5) is 20.5. The van der Waals surface area contributed by atoms with E-state index in [-0.39, 0.29) is 32.6 Å². The van der Waals surface area contributed by atoms with E-state index in [4.69, 9.17) is 28.2 Å². The molecule has 6 heteroatoms. The molecule has 0 saturated heterocycles. The molecule has 1 N–H and O–H groups in total. The van der Waals surface area contributed by atoms with Gasteiger partial charge in [0.15, 0.2) is 5.78 Å². The lowest BCUT2D eigenvalue weighted by molar-refractivity contribution is 0.105. The number of benzene rings is 4. The second-order valence-corrected chi connectivity index (χ2v) is 11.2. The Balaban J connectivity index is 1.44. The van der Waals surface area contributed by atoms with Crippen molar-refractivity contribution in [3.8, 4) is 0 Å². The van der Waals surface area contributed by atoms with E-state index in [2.05, 4.69) is 61.2 Å². The van der Waals surface area contributed by atoms with Crippen molar-refractivity contribution in [2.45, 2.75) is 19.3 Å². The lowest BCUT2D eigenvalue weighted by atomic mass is 9.72. The fourth-order valence-corrected chi connectivity index (χ4v) is 6.36. The number of halogens is 2. The first kappa shape index (κ1) is 24.0. The molecule has 0 saturated carbocycles. The van der Waals surface area contributed by atoms with E-state index >= 15 is 0 Å². The fourth-order valence-electron chi connectivity index (χ4n) is 6.04. The van der Waals surface area contributed by atoms with Crippen LogP contribution in [0.25, 0.3) is 22.2 Å². The van der Waals surface area contributed by atoms with Gasteiger partial charge in [0.2, 0.25) is 0 Å². The molecule has 7 rings (SSSR count). The van der Waals surface area contributed by atoms with Gasteiger partial charge in [-0.05, 0) is 59.7 Å². The van der Waals surface area contributed by atoms with Crippen molar-refractivity contribution in [3.63, 3.8) is 0 Å². The van der Waals surface area contributed by atoms with E-state index in [0.717, 1.165) is 33.5 Å². The topological polar surface area (TPSA) is 53.4 Å². The van der Waals surface area contributed by atoms with E-state index < -0.39 is 0 Å². The number of pyridine rings is 1. The van der Waals surface area contributed by atoms with Crippen LogP contribution in [0.15, 0.2) is 91.0 Å². The lowest BCUT2D eigenvalue weighted by Gasteiger charge is -2.42. The molecule has 2 heterocycles. The summed E-state index contributed by atoms with van der Waals surface area (Å²) in [5, 5.41) is 12.5.